The van der Waals surface area contributed by atoms with Crippen LogP contribution in [0.25, 0.3) is 0 Å². The molecule has 2 aromatic carbocycles. The van der Waals surface area contributed by atoms with Crippen LogP contribution in [0.2, 0.25) is 0 Å². The van der Waals surface area contributed by atoms with E-state index in [1.807, 2.05) is 44.2 Å². The lowest BCUT2D eigenvalue weighted by molar-refractivity contribution is -0.123. The quantitative estimate of drug-likeness (QED) is 0.476. The molecule has 0 atom stereocenters. The Morgan fingerprint density at radius 1 is 1.00 bits per heavy atom. The second kappa shape index (κ2) is 8.71. The third kappa shape index (κ3) is 4.99. The van der Waals surface area contributed by atoms with Crippen molar-refractivity contribution in [3.05, 3.63) is 77.2 Å². The molecule has 3 aromatic rings. The number of benzene rings is 2. The third-order valence-corrected chi connectivity index (χ3v) is 5.45. The Bertz CT molecular complexity index is 1060. The molecule has 1 amide bonds. The number of halogens is 1. The van der Waals surface area contributed by atoms with Crippen molar-refractivity contribution in [1.82, 2.24) is 15.3 Å². The van der Waals surface area contributed by atoms with Crippen molar-refractivity contribution in [1.29, 1.82) is 0 Å². The van der Waals surface area contributed by atoms with Crippen molar-refractivity contribution in [2.45, 2.75) is 32.1 Å². The topological polar surface area (TPSA) is 78.9 Å². The molecule has 4 rings (SSSR count). The van der Waals surface area contributed by atoms with Gasteiger partial charge in [-0.1, -0.05) is 29.8 Å². The van der Waals surface area contributed by atoms with Gasteiger partial charge >= 0.3 is 0 Å². The molecule has 0 radical (unpaired) electrons. The number of aryl methyl sites for hydroxylation is 2. The lowest BCUT2D eigenvalue weighted by Gasteiger charge is -2.16. The van der Waals surface area contributed by atoms with E-state index >= 15 is 0 Å². The van der Waals surface area contributed by atoms with Crippen molar-refractivity contribution in [3.63, 3.8) is 0 Å². The maximum absolute atomic E-state index is 13.2. The SMILES string of the molecule is Cc1ccc(Nc2cc(C)nc(NCCNC(=O)C3(c4ccc(F)cc4)CC3)n2)cc1. The number of nitrogens with zero attached hydrogens (tertiary/aromatic N) is 2. The Kier molecular flexibility index (Phi) is 5.84. The maximum atomic E-state index is 13.2. The Balaban J connectivity index is 1.30. The van der Waals surface area contributed by atoms with Gasteiger partial charge in [-0.15, -0.1) is 0 Å². The normalized spacial score (nSPS) is 14.0. The summed E-state index contributed by atoms with van der Waals surface area (Å²) in [6.45, 7) is 4.90. The lowest BCUT2D eigenvalue weighted by atomic mass is 9.95. The van der Waals surface area contributed by atoms with Crippen LogP contribution in [-0.4, -0.2) is 29.0 Å². The zero-order valence-corrected chi connectivity index (χ0v) is 17.7. The number of carbonyl (C=O) groups excluding carboxylic acids is 1. The lowest BCUT2D eigenvalue weighted by Crippen LogP contribution is -2.37. The number of hydrogen-bond donors (Lipinski definition) is 3. The predicted molar refractivity (Wildman–Crippen MR) is 120 cm³/mol. The summed E-state index contributed by atoms with van der Waals surface area (Å²) in [4.78, 5) is 21.6. The van der Waals surface area contributed by atoms with Crippen LogP contribution in [0.3, 0.4) is 0 Å². The van der Waals surface area contributed by atoms with Gasteiger partial charge in [-0.25, -0.2) is 9.37 Å². The molecule has 1 fully saturated rings. The van der Waals surface area contributed by atoms with Gasteiger partial charge < -0.3 is 16.0 Å². The van der Waals surface area contributed by atoms with Gasteiger partial charge in [-0.2, -0.15) is 4.98 Å². The fraction of sp³-hybridized carbons (Fsp3) is 0.292. The minimum absolute atomic E-state index is 0.0206. The molecule has 7 heteroatoms. The molecular formula is C24H26FN5O. The van der Waals surface area contributed by atoms with Gasteiger partial charge in [0.25, 0.3) is 0 Å². The van der Waals surface area contributed by atoms with Crippen molar-refractivity contribution in [2.24, 2.45) is 0 Å². The Morgan fingerprint density at radius 2 is 1.71 bits per heavy atom. The van der Waals surface area contributed by atoms with Gasteiger partial charge in [0.1, 0.15) is 11.6 Å². The summed E-state index contributed by atoms with van der Waals surface area (Å²) < 4.78 is 13.2. The van der Waals surface area contributed by atoms with Crippen LogP contribution in [0.1, 0.15) is 29.7 Å². The maximum Gasteiger partial charge on any atom is 0.230 e. The first-order valence-corrected chi connectivity index (χ1v) is 10.4. The third-order valence-electron chi connectivity index (χ3n) is 5.45. The van der Waals surface area contributed by atoms with Crippen LogP contribution in [0, 0.1) is 19.7 Å². The van der Waals surface area contributed by atoms with E-state index in [9.17, 15) is 9.18 Å². The minimum atomic E-state index is -0.515. The van der Waals surface area contributed by atoms with Gasteiger partial charge in [0.05, 0.1) is 5.41 Å². The summed E-state index contributed by atoms with van der Waals surface area (Å²) in [5, 5.41) is 9.43. The molecule has 1 heterocycles. The number of nitrogens with one attached hydrogen (secondary N) is 3. The van der Waals surface area contributed by atoms with Crippen molar-refractivity contribution in [2.75, 3.05) is 23.7 Å². The Labute approximate surface area is 181 Å². The summed E-state index contributed by atoms with van der Waals surface area (Å²) >= 11 is 0. The Morgan fingerprint density at radius 3 is 2.39 bits per heavy atom. The first-order valence-electron chi connectivity index (χ1n) is 10.4. The number of amides is 1. The number of carbonyl (C=O) groups is 1. The molecular weight excluding hydrogens is 393 g/mol. The van der Waals surface area contributed by atoms with E-state index in [-0.39, 0.29) is 11.7 Å². The highest BCUT2D eigenvalue weighted by Crippen LogP contribution is 2.48. The molecule has 0 spiro atoms. The molecule has 0 unspecified atom stereocenters. The minimum Gasteiger partial charge on any atom is -0.354 e. The van der Waals surface area contributed by atoms with Crippen LogP contribution in [-0.2, 0) is 10.2 Å². The highest BCUT2D eigenvalue weighted by molar-refractivity contribution is 5.91. The summed E-state index contributed by atoms with van der Waals surface area (Å²) in [5.41, 5.74) is 3.34. The molecule has 0 bridgehead atoms. The summed E-state index contributed by atoms with van der Waals surface area (Å²) in [6.07, 6.45) is 1.57. The number of aromatic nitrogens is 2. The van der Waals surface area contributed by atoms with Crippen molar-refractivity contribution >= 4 is 23.4 Å². The number of rotatable bonds is 8. The molecule has 6 nitrogen and oxygen atoms in total. The highest BCUT2D eigenvalue weighted by atomic mass is 19.1. The number of anilines is 3. The second-order valence-electron chi connectivity index (χ2n) is 7.98. The average molecular weight is 420 g/mol. The Hall–Kier alpha value is -3.48. The van der Waals surface area contributed by atoms with E-state index in [2.05, 4.69) is 25.9 Å². The van der Waals surface area contributed by atoms with Crippen LogP contribution in [0.4, 0.5) is 21.8 Å². The fourth-order valence-corrected chi connectivity index (χ4v) is 3.56. The highest BCUT2D eigenvalue weighted by Gasteiger charge is 2.50. The molecule has 3 N–H and O–H groups in total. The first-order chi connectivity index (χ1) is 14.9. The van der Waals surface area contributed by atoms with Gasteiger partial charge in [0.2, 0.25) is 11.9 Å². The molecule has 1 aromatic heterocycles. The summed E-state index contributed by atoms with van der Waals surface area (Å²) in [7, 11) is 0. The van der Waals surface area contributed by atoms with Crippen LogP contribution >= 0.6 is 0 Å². The largest absolute Gasteiger partial charge is 0.354 e. The molecule has 1 saturated carbocycles. The predicted octanol–water partition coefficient (Wildman–Crippen LogP) is 4.24. The van der Waals surface area contributed by atoms with Crippen LogP contribution in [0.5, 0.6) is 0 Å². The van der Waals surface area contributed by atoms with E-state index < -0.39 is 5.41 Å². The van der Waals surface area contributed by atoms with Crippen molar-refractivity contribution < 1.29 is 9.18 Å². The summed E-state index contributed by atoms with van der Waals surface area (Å²) in [6, 6.07) is 16.2. The standard InChI is InChI=1S/C24H26FN5O/c1-16-3-9-20(10-4-16)29-21-15-17(2)28-23(30-21)27-14-13-26-22(31)24(11-12-24)18-5-7-19(25)8-6-18/h3-10,15H,11-14H2,1-2H3,(H,26,31)(H2,27,28,29,30). The zero-order chi connectivity index (χ0) is 21.8. The molecule has 1 aliphatic carbocycles. The monoisotopic (exact) mass is 419 g/mol. The molecule has 1 aliphatic rings. The fourth-order valence-electron chi connectivity index (χ4n) is 3.56. The van der Waals surface area contributed by atoms with Gasteiger partial charge in [-0.3, -0.25) is 4.79 Å². The van der Waals surface area contributed by atoms with Crippen LogP contribution in [0.15, 0.2) is 54.6 Å². The van der Waals surface area contributed by atoms with Gasteiger partial charge in [-0.05, 0) is 56.5 Å². The average Bonchev–Trinajstić information content (AvgIpc) is 3.55. The molecule has 160 valence electrons. The summed E-state index contributed by atoms with van der Waals surface area (Å²) in [5.74, 6) is 0.894. The van der Waals surface area contributed by atoms with Crippen LogP contribution < -0.4 is 16.0 Å². The van der Waals surface area contributed by atoms with E-state index in [1.54, 1.807) is 12.1 Å². The van der Waals surface area contributed by atoms with Crippen molar-refractivity contribution in [3.8, 4) is 0 Å². The van der Waals surface area contributed by atoms with Gasteiger partial charge in [0.15, 0.2) is 0 Å². The molecule has 0 aliphatic heterocycles. The molecule has 31 heavy (non-hydrogen) atoms. The van der Waals surface area contributed by atoms with E-state index in [0.29, 0.717) is 24.9 Å². The van der Waals surface area contributed by atoms with Gasteiger partial charge in [0, 0.05) is 30.5 Å². The van der Waals surface area contributed by atoms with E-state index in [4.69, 9.17) is 0 Å². The van der Waals surface area contributed by atoms with E-state index in [0.717, 1.165) is 29.8 Å². The first kappa shape index (κ1) is 20.8. The second-order valence-corrected chi connectivity index (χ2v) is 7.98. The smallest absolute Gasteiger partial charge is 0.230 e. The molecule has 0 saturated heterocycles. The number of hydrogen-bond acceptors (Lipinski definition) is 5. The van der Waals surface area contributed by atoms with E-state index in [1.165, 1.54) is 17.7 Å². The zero-order valence-electron chi connectivity index (χ0n) is 17.7.